The molecular formula is C22H23NO5. The van der Waals surface area contributed by atoms with Crippen LogP contribution in [0.3, 0.4) is 0 Å². The summed E-state index contributed by atoms with van der Waals surface area (Å²) in [6, 6.07) is 16.4. The number of ether oxygens (including phenoxy) is 2. The van der Waals surface area contributed by atoms with E-state index in [1.165, 1.54) is 0 Å². The molecule has 0 aliphatic rings. The highest BCUT2D eigenvalue weighted by Crippen LogP contribution is 2.27. The van der Waals surface area contributed by atoms with E-state index in [4.69, 9.17) is 13.9 Å². The Bertz CT molecular complexity index is 903. The minimum absolute atomic E-state index is 0.131. The third-order valence-corrected chi connectivity index (χ3v) is 4.41. The minimum Gasteiger partial charge on any atom is -0.493 e. The van der Waals surface area contributed by atoms with Gasteiger partial charge >= 0.3 is 0 Å². The molecule has 2 N–H and O–H groups in total. The summed E-state index contributed by atoms with van der Waals surface area (Å²) in [5.74, 6) is 1.77. The Kier molecular flexibility index (Phi) is 6.34. The molecule has 0 fully saturated rings. The largest absolute Gasteiger partial charge is 0.493 e. The molecule has 0 bridgehead atoms. The van der Waals surface area contributed by atoms with E-state index in [1.54, 1.807) is 32.6 Å². The Labute approximate surface area is 163 Å². The summed E-state index contributed by atoms with van der Waals surface area (Å²) in [6.07, 6.45) is 1.01. The summed E-state index contributed by atoms with van der Waals surface area (Å²) in [4.78, 5) is 12.2. The zero-order valence-electron chi connectivity index (χ0n) is 15.8. The highest BCUT2D eigenvalue weighted by atomic mass is 16.5. The lowest BCUT2D eigenvalue weighted by molar-refractivity contribution is -0.120. The molecule has 0 saturated carbocycles. The van der Waals surface area contributed by atoms with Gasteiger partial charge in [0, 0.05) is 12.1 Å². The van der Waals surface area contributed by atoms with Crippen LogP contribution in [0.15, 0.2) is 65.3 Å². The molecular weight excluding hydrogens is 358 g/mol. The molecule has 6 nitrogen and oxygen atoms in total. The fourth-order valence-corrected chi connectivity index (χ4v) is 2.88. The van der Waals surface area contributed by atoms with Crippen molar-refractivity contribution in [1.82, 2.24) is 5.32 Å². The van der Waals surface area contributed by atoms with Gasteiger partial charge in [-0.3, -0.25) is 4.79 Å². The SMILES string of the molecule is COc1ccc(CC(=O)NCC(O)c2ccc(-c3ccco3)cc2)cc1OC. The third-order valence-electron chi connectivity index (χ3n) is 4.41. The highest BCUT2D eigenvalue weighted by molar-refractivity contribution is 5.78. The predicted octanol–water partition coefficient (Wildman–Crippen LogP) is 3.36. The lowest BCUT2D eigenvalue weighted by atomic mass is 10.1. The number of amides is 1. The molecule has 28 heavy (non-hydrogen) atoms. The first-order chi connectivity index (χ1) is 13.6. The van der Waals surface area contributed by atoms with Gasteiger partial charge in [0.2, 0.25) is 5.91 Å². The first-order valence-electron chi connectivity index (χ1n) is 8.90. The Morgan fingerprint density at radius 1 is 1.07 bits per heavy atom. The van der Waals surface area contributed by atoms with Crippen molar-refractivity contribution in [3.05, 3.63) is 72.0 Å². The number of hydrogen-bond donors (Lipinski definition) is 2. The first kappa shape index (κ1) is 19.5. The van der Waals surface area contributed by atoms with Gasteiger partial charge in [-0.05, 0) is 35.4 Å². The predicted molar refractivity (Wildman–Crippen MR) is 105 cm³/mol. The van der Waals surface area contributed by atoms with E-state index in [0.717, 1.165) is 22.5 Å². The molecule has 1 atom stereocenters. The van der Waals surface area contributed by atoms with Crippen molar-refractivity contribution >= 4 is 5.91 Å². The molecule has 3 rings (SSSR count). The number of benzene rings is 2. The maximum Gasteiger partial charge on any atom is 0.224 e. The van der Waals surface area contributed by atoms with Crippen molar-refractivity contribution in [2.45, 2.75) is 12.5 Å². The number of methoxy groups -OCH3 is 2. The number of hydrogen-bond acceptors (Lipinski definition) is 5. The van der Waals surface area contributed by atoms with Crippen LogP contribution in [-0.2, 0) is 11.2 Å². The molecule has 0 aliphatic heterocycles. The van der Waals surface area contributed by atoms with Gasteiger partial charge < -0.3 is 24.3 Å². The summed E-state index contributed by atoms with van der Waals surface area (Å²) in [5.41, 5.74) is 2.45. The van der Waals surface area contributed by atoms with Gasteiger partial charge in [0.25, 0.3) is 0 Å². The average molecular weight is 381 g/mol. The van der Waals surface area contributed by atoms with E-state index in [1.807, 2.05) is 42.5 Å². The van der Waals surface area contributed by atoms with E-state index >= 15 is 0 Å². The maximum absolute atomic E-state index is 12.2. The van der Waals surface area contributed by atoms with Crippen molar-refractivity contribution in [2.24, 2.45) is 0 Å². The summed E-state index contributed by atoms with van der Waals surface area (Å²) in [5, 5.41) is 13.1. The molecule has 3 aromatic rings. The summed E-state index contributed by atoms with van der Waals surface area (Å²) < 4.78 is 15.8. The Hall–Kier alpha value is -3.25. The van der Waals surface area contributed by atoms with Gasteiger partial charge in [0.05, 0.1) is 33.0 Å². The number of aliphatic hydroxyl groups excluding tert-OH is 1. The van der Waals surface area contributed by atoms with Crippen LogP contribution >= 0.6 is 0 Å². The molecule has 1 aromatic heterocycles. The Morgan fingerprint density at radius 2 is 1.82 bits per heavy atom. The molecule has 1 amide bonds. The molecule has 2 aromatic carbocycles. The van der Waals surface area contributed by atoms with Gasteiger partial charge in [-0.2, -0.15) is 0 Å². The lowest BCUT2D eigenvalue weighted by Gasteiger charge is -2.13. The molecule has 146 valence electrons. The van der Waals surface area contributed by atoms with E-state index in [-0.39, 0.29) is 18.9 Å². The van der Waals surface area contributed by atoms with E-state index in [0.29, 0.717) is 11.5 Å². The second-order valence-corrected chi connectivity index (χ2v) is 6.29. The zero-order valence-corrected chi connectivity index (χ0v) is 15.8. The monoisotopic (exact) mass is 381 g/mol. The normalized spacial score (nSPS) is 11.7. The third kappa shape index (κ3) is 4.72. The summed E-state index contributed by atoms with van der Waals surface area (Å²) >= 11 is 0. The lowest BCUT2D eigenvalue weighted by Crippen LogP contribution is -2.29. The van der Waals surface area contributed by atoms with Crippen LogP contribution in [0.2, 0.25) is 0 Å². The number of aliphatic hydroxyl groups is 1. The molecule has 0 spiro atoms. The Morgan fingerprint density at radius 3 is 2.46 bits per heavy atom. The average Bonchev–Trinajstić information content (AvgIpc) is 3.27. The van der Waals surface area contributed by atoms with Crippen LogP contribution < -0.4 is 14.8 Å². The Balaban J connectivity index is 1.54. The van der Waals surface area contributed by atoms with Gasteiger partial charge in [0.15, 0.2) is 11.5 Å². The van der Waals surface area contributed by atoms with Gasteiger partial charge in [-0.25, -0.2) is 0 Å². The highest BCUT2D eigenvalue weighted by Gasteiger charge is 2.12. The van der Waals surface area contributed by atoms with Crippen molar-refractivity contribution in [3.63, 3.8) is 0 Å². The number of nitrogens with one attached hydrogen (secondary N) is 1. The molecule has 6 heteroatoms. The second kappa shape index (κ2) is 9.10. The standard InChI is InChI=1S/C22H23NO5/c1-26-20-10-5-15(12-21(20)27-2)13-22(25)23-14-18(24)16-6-8-17(9-7-16)19-4-3-11-28-19/h3-12,18,24H,13-14H2,1-2H3,(H,23,25). The topological polar surface area (TPSA) is 80.9 Å². The number of rotatable bonds is 8. The number of carbonyl (C=O) groups excluding carboxylic acids is 1. The smallest absolute Gasteiger partial charge is 0.224 e. The van der Waals surface area contributed by atoms with Crippen LogP contribution in [0.4, 0.5) is 0 Å². The number of carbonyl (C=O) groups is 1. The maximum atomic E-state index is 12.2. The van der Waals surface area contributed by atoms with E-state index < -0.39 is 6.10 Å². The van der Waals surface area contributed by atoms with Gasteiger partial charge in [-0.1, -0.05) is 30.3 Å². The van der Waals surface area contributed by atoms with Crippen LogP contribution in [0.5, 0.6) is 11.5 Å². The molecule has 1 unspecified atom stereocenters. The van der Waals surface area contributed by atoms with Gasteiger partial charge in [0.1, 0.15) is 5.76 Å². The van der Waals surface area contributed by atoms with Crippen molar-refractivity contribution < 1.29 is 23.8 Å². The quantitative estimate of drug-likeness (QED) is 0.625. The molecule has 0 radical (unpaired) electrons. The van der Waals surface area contributed by atoms with Crippen molar-refractivity contribution in [3.8, 4) is 22.8 Å². The zero-order chi connectivity index (χ0) is 19.9. The molecule has 0 aliphatic carbocycles. The van der Waals surface area contributed by atoms with Crippen LogP contribution in [-0.4, -0.2) is 31.8 Å². The van der Waals surface area contributed by atoms with E-state index in [9.17, 15) is 9.90 Å². The molecule has 1 heterocycles. The van der Waals surface area contributed by atoms with Crippen LogP contribution in [0, 0.1) is 0 Å². The molecule has 0 saturated heterocycles. The van der Waals surface area contributed by atoms with E-state index in [2.05, 4.69) is 5.32 Å². The first-order valence-corrected chi connectivity index (χ1v) is 8.90. The summed E-state index contributed by atoms with van der Waals surface area (Å²) in [7, 11) is 3.11. The van der Waals surface area contributed by atoms with Crippen LogP contribution in [0.1, 0.15) is 17.2 Å². The fraction of sp³-hybridized carbons (Fsp3) is 0.227. The van der Waals surface area contributed by atoms with Gasteiger partial charge in [-0.15, -0.1) is 0 Å². The fourth-order valence-electron chi connectivity index (χ4n) is 2.88. The minimum atomic E-state index is -0.792. The van der Waals surface area contributed by atoms with Crippen molar-refractivity contribution in [2.75, 3.05) is 20.8 Å². The second-order valence-electron chi connectivity index (χ2n) is 6.29. The summed E-state index contributed by atoms with van der Waals surface area (Å²) in [6.45, 7) is 0.131. The van der Waals surface area contributed by atoms with Crippen LogP contribution in [0.25, 0.3) is 11.3 Å². The van der Waals surface area contributed by atoms with Crippen molar-refractivity contribution in [1.29, 1.82) is 0 Å². The number of furan rings is 1.